The van der Waals surface area contributed by atoms with E-state index in [1.165, 1.54) is 23.9 Å². The smallest absolute Gasteiger partial charge is 0.164 e. The van der Waals surface area contributed by atoms with Crippen LogP contribution in [-0.4, -0.2) is 37.2 Å². The van der Waals surface area contributed by atoms with Crippen molar-refractivity contribution in [1.29, 1.82) is 0 Å². The standard InChI is InChI=1S/C18H15Cl2FN2O2S2/c19-12-2-5-14(6-3-12)23-17-10-27(24,25)9-16(17)22-18(23)26-8-11-1-4-13(21)7-15(11)20/h1-7,16-17H,8-10H2/t16-,17-/m1/s1. The minimum absolute atomic E-state index is 0.0587. The van der Waals surface area contributed by atoms with Gasteiger partial charge in [-0.15, -0.1) is 0 Å². The van der Waals surface area contributed by atoms with Crippen molar-refractivity contribution in [2.75, 3.05) is 16.4 Å². The van der Waals surface area contributed by atoms with Gasteiger partial charge in [-0.25, -0.2) is 12.8 Å². The van der Waals surface area contributed by atoms with Crippen LogP contribution in [0.1, 0.15) is 5.56 Å². The second kappa shape index (κ2) is 7.28. The van der Waals surface area contributed by atoms with Crippen LogP contribution >= 0.6 is 35.0 Å². The number of rotatable bonds is 3. The average molecular weight is 445 g/mol. The number of benzene rings is 2. The molecular weight excluding hydrogens is 430 g/mol. The van der Waals surface area contributed by atoms with Crippen molar-refractivity contribution in [1.82, 2.24) is 0 Å². The highest BCUT2D eigenvalue weighted by Crippen LogP contribution is 2.36. The lowest BCUT2D eigenvalue weighted by Crippen LogP contribution is -2.39. The number of amidine groups is 1. The zero-order valence-corrected chi connectivity index (χ0v) is 17.1. The predicted molar refractivity (Wildman–Crippen MR) is 110 cm³/mol. The van der Waals surface area contributed by atoms with Crippen LogP contribution < -0.4 is 4.90 Å². The summed E-state index contributed by atoms with van der Waals surface area (Å²) < 4.78 is 37.4. The predicted octanol–water partition coefficient (Wildman–Crippen LogP) is 4.41. The number of aliphatic imine (C=N–C) groups is 1. The third-order valence-electron chi connectivity index (χ3n) is 4.58. The molecule has 2 aromatic carbocycles. The summed E-state index contributed by atoms with van der Waals surface area (Å²) in [4.78, 5) is 6.63. The first-order valence-electron chi connectivity index (χ1n) is 8.22. The molecule has 2 heterocycles. The summed E-state index contributed by atoms with van der Waals surface area (Å²) >= 11 is 13.6. The molecule has 0 N–H and O–H groups in total. The van der Waals surface area contributed by atoms with Crippen LogP contribution in [0.15, 0.2) is 47.5 Å². The molecule has 2 aliphatic heterocycles. The minimum atomic E-state index is -3.10. The van der Waals surface area contributed by atoms with Crippen molar-refractivity contribution >= 4 is 55.7 Å². The molecule has 2 aliphatic rings. The summed E-state index contributed by atoms with van der Waals surface area (Å²) in [5.41, 5.74) is 1.65. The highest BCUT2D eigenvalue weighted by Gasteiger charge is 2.47. The maximum atomic E-state index is 13.2. The van der Waals surface area contributed by atoms with Crippen LogP contribution in [0.3, 0.4) is 0 Å². The van der Waals surface area contributed by atoms with Crippen molar-refractivity contribution in [3.63, 3.8) is 0 Å². The van der Waals surface area contributed by atoms with E-state index in [9.17, 15) is 12.8 Å². The molecule has 4 nitrogen and oxygen atoms in total. The van der Waals surface area contributed by atoms with E-state index in [1.54, 1.807) is 18.2 Å². The summed E-state index contributed by atoms with van der Waals surface area (Å²) in [6.45, 7) is 0. The molecule has 142 valence electrons. The molecule has 0 amide bonds. The molecule has 0 saturated carbocycles. The fourth-order valence-electron chi connectivity index (χ4n) is 3.32. The Balaban J connectivity index is 1.61. The molecule has 2 atom stereocenters. The molecule has 4 rings (SSSR count). The van der Waals surface area contributed by atoms with Crippen LogP contribution in [-0.2, 0) is 15.6 Å². The normalized spacial score (nSPS) is 23.4. The van der Waals surface area contributed by atoms with Gasteiger partial charge in [0.15, 0.2) is 15.0 Å². The zero-order chi connectivity index (χ0) is 19.2. The largest absolute Gasteiger partial charge is 0.315 e. The molecule has 0 unspecified atom stereocenters. The number of halogens is 3. The van der Waals surface area contributed by atoms with Crippen molar-refractivity contribution in [3.8, 4) is 0 Å². The number of hydrogen-bond acceptors (Lipinski definition) is 5. The monoisotopic (exact) mass is 444 g/mol. The molecule has 9 heteroatoms. The first kappa shape index (κ1) is 19.1. The lowest BCUT2D eigenvalue weighted by molar-refractivity contribution is 0.601. The number of thioether (sulfide) groups is 1. The maximum absolute atomic E-state index is 13.2. The number of hydrogen-bond donors (Lipinski definition) is 0. The molecule has 0 radical (unpaired) electrons. The summed E-state index contributed by atoms with van der Waals surface area (Å²) in [6, 6.07) is 11.1. The van der Waals surface area contributed by atoms with Crippen LogP contribution in [0.5, 0.6) is 0 Å². The third kappa shape index (κ3) is 3.97. The van der Waals surface area contributed by atoms with Crippen molar-refractivity contribution in [3.05, 3.63) is 63.9 Å². The Morgan fingerprint density at radius 2 is 1.89 bits per heavy atom. The first-order valence-corrected chi connectivity index (χ1v) is 11.8. The van der Waals surface area contributed by atoms with Gasteiger partial charge in [-0.1, -0.05) is 41.0 Å². The molecule has 27 heavy (non-hydrogen) atoms. The van der Waals surface area contributed by atoms with Crippen LogP contribution in [0.4, 0.5) is 10.1 Å². The topological polar surface area (TPSA) is 49.7 Å². The molecule has 0 bridgehead atoms. The Morgan fingerprint density at radius 3 is 2.59 bits per heavy atom. The second-order valence-corrected chi connectivity index (χ2v) is 10.4. The van der Waals surface area contributed by atoms with Gasteiger partial charge in [0, 0.05) is 21.5 Å². The number of fused-ring (bicyclic) bond motifs is 1. The number of sulfone groups is 1. The molecule has 0 aromatic heterocycles. The number of nitrogens with zero attached hydrogens (tertiary/aromatic N) is 2. The molecule has 2 aromatic rings. The summed E-state index contributed by atoms with van der Waals surface area (Å²) in [5, 5.41) is 1.71. The van der Waals surface area contributed by atoms with Crippen LogP contribution in [0, 0.1) is 5.82 Å². The van der Waals surface area contributed by atoms with Gasteiger partial charge < -0.3 is 4.90 Å². The van der Waals surface area contributed by atoms with Crippen LogP contribution in [0.25, 0.3) is 0 Å². The highest BCUT2D eigenvalue weighted by atomic mass is 35.5. The second-order valence-electron chi connectivity index (χ2n) is 6.49. The quantitative estimate of drug-likeness (QED) is 0.703. The van der Waals surface area contributed by atoms with Gasteiger partial charge in [0.2, 0.25) is 0 Å². The SMILES string of the molecule is O=S1(=O)C[C@@H]2[C@@H](C1)N=C(SCc1ccc(F)cc1Cl)N2c1ccc(Cl)cc1. The van der Waals surface area contributed by atoms with Gasteiger partial charge >= 0.3 is 0 Å². The van der Waals surface area contributed by atoms with E-state index >= 15 is 0 Å². The molecule has 0 spiro atoms. The zero-order valence-electron chi connectivity index (χ0n) is 14.0. The average Bonchev–Trinajstić information content (AvgIpc) is 3.06. The van der Waals surface area contributed by atoms with Crippen LogP contribution in [0.2, 0.25) is 10.0 Å². The van der Waals surface area contributed by atoms with E-state index < -0.39 is 9.84 Å². The molecule has 1 saturated heterocycles. The van der Waals surface area contributed by atoms with Crippen molar-refractivity contribution in [2.24, 2.45) is 4.99 Å². The molecule has 1 fully saturated rings. The van der Waals surface area contributed by atoms with Crippen molar-refractivity contribution in [2.45, 2.75) is 17.8 Å². The summed E-state index contributed by atoms with van der Waals surface area (Å²) in [5.74, 6) is 0.261. The molecule has 0 aliphatic carbocycles. The minimum Gasteiger partial charge on any atom is -0.315 e. The summed E-state index contributed by atoms with van der Waals surface area (Å²) in [7, 11) is -3.10. The van der Waals surface area contributed by atoms with Crippen molar-refractivity contribution < 1.29 is 12.8 Å². The number of anilines is 1. The van der Waals surface area contributed by atoms with Gasteiger partial charge in [-0.05, 0) is 42.0 Å². The van der Waals surface area contributed by atoms with Gasteiger partial charge in [0.25, 0.3) is 0 Å². The third-order valence-corrected chi connectivity index (χ3v) is 7.90. The van der Waals surface area contributed by atoms with E-state index in [2.05, 4.69) is 4.99 Å². The summed E-state index contributed by atoms with van der Waals surface area (Å²) in [6.07, 6.45) is 0. The Morgan fingerprint density at radius 1 is 1.15 bits per heavy atom. The Labute approximate surface area is 171 Å². The van der Waals surface area contributed by atoms with E-state index in [0.717, 1.165) is 16.4 Å². The highest BCUT2D eigenvalue weighted by molar-refractivity contribution is 8.13. The Kier molecular flexibility index (Phi) is 5.14. The van der Waals surface area contributed by atoms with E-state index in [0.29, 0.717) is 15.8 Å². The fourth-order valence-corrected chi connectivity index (χ4v) is 6.73. The Bertz CT molecular complexity index is 1010. The van der Waals surface area contributed by atoms with Gasteiger partial charge in [-0.3, -0.25) is 4.99 Å². The van der Waals surface area contributed by atoms with E-state index in [4.69, 9.17) is 23.2 Å². The Hall–Kier alpha value is -1.28. The first-order chi connectivity index (χ1) is 12.8. The maximum Gasteiger partial charge on any atom is 0.164 e. The fraction of sp³-hybridized carbons (Fsp3) is 0.278. The van der Waals surface area contributed by atoms with Gasteiger partial charge in [0.05, 0.1) is 23.6 Å². The van der Waals surface area contributed by atoms with E-state index in [1.807, 2.05) is 17.0 Å². The lowest BCUT2D eigenvalue weighted by Gasteiger charge is -2.26. The van der Waals surface area contributed by atoms with E-state index in [-0.39, 0.29) is 29.4 Å². The van der Waals surface area contributed by atoms with Gasteiger partial charge in [0.1, 0.15) is 5.82 Å². The van der Waals surface area contributed by atoms with Gasteiger partial charge in [-0.2, -0.15) is 0 Å². The lowest BCUT2D eigenvalue weighted by atomic mass is 10.1. The molecular formula is C18H15Cl2FN2O2S2.